The highest BCUT2D eigenvalue weighted by Gasteiger charge is 2.15. The summed E-state index contributed by atoms with van der Waals surface area (Å²) in [7, 11) is 1.54. The SMILES string of the molecule is COc1cccc[n+]1NC(=O)c1ccc(Cl)cc1. The van der Waals surface area contributed by atoms with Gasteiger partial charge in [0.2, 0.25) is 6.20 Å². The van der Waals surface area contributed by atoms with Gasteiger partial charge in [0.15, 0.2) is 0 Å². The highest BCUT2D eigenvalue weighted by molar-refractivity contribution is 6.30. The van der Waals surface area contributed by atoms with E-state index in [9.17, 15) is 4.79 Å². The molecule has 1 N–H and O–H groups in total. The number of benzene rings is 1. The zero-order valence-corrected chi connectivity index (χ0v) is 10.5. The van der Waals surface area contributed by atoms with E-state index in [2.05, 4.69) is 5.43 Å². The number of amides is 1. The smallest absolute Gasteiger partial charge is 0.396 e. The Balaban J connectivity index is 2.18. The number of aromatic nitrogens is 1. The summed E-state index contributed by atoms with van der Waals surface area (Å²) in [6, 6.07) is 12.0. The fourth-order valence-electron chi connectivity index (χ4n) is 1.46. The van der Waals surface area contributed by atoms with Crippen LogP contribution in [0.4, 0.5) is 0 Å². The van der Waals surface area contributed by atoms with Crippen LogP contribution in [0.15, 0.2) is 48.7 Å². The number of halogens is 1. The van der Waals surface area contributed by atoms with Gasteiger partial charge in [0.25, 0.3) is 0 Å². The van der Waals surface area contributed by atoms with Crippen LogP contribution in [0.2, 0.25) is 5.02 Å². The minimum absolute atomic E-state index is 0.235. The molecule has 0 fully saturated rings. The first-order valence-corrected chi connectivity index (χ1v) is 5.70. The molecule has 0 bridgehead atoms. The zero-order chi connectivity index (χ0) is 13.0. The van der Waals surface area contributed by atoms with Gasteiger partial charge in [-0.15, -0.1) is 5.43 Å². The van der Waals surface area contributed by atoms with Crippen molar-refractivity contribution >= 4 is 17.5 Å². The van der Waals surface area contributed by atoms with Crippen molar-refractivity contribution in [2.45, 2.75) is 0 Å². The first kappa shape index (κ1) is 12.4. The van der Waals surface area contributed by atoms with Crippen molar-refractivity contribution in [2.24, 2.45) is 0 Å². The van der Waals surface area contributed by atoms with Gasteiger partial charge in [-0.3, -0.25) is 4.79 Å². The van der Waals surface area contributed by atoms with Crippen molar-refractivity contribution in [3.05, 3.63) is 59.2 Å². The van der Waals surface area contributed by atoms with Gasteiger partial charge in [-0.05, 0) is 35.0 Å². The minimum atomic E-state index is -0.235. The molecule has 0 unspecified atom stereocenters. The van der Waals surface area contributed by atoms with Crippen LogP contribution in [0.25, 0.3) is 0 Å². The average molecular weight is 264 g/mol. The highest BCUT2D eigenvalue weighted by atomic mass is 35.5. The normalized spacial score (nSPS) is 9.89. The van der Waals surface area contributed by atoms with Crippen molar-refractivity contribution in [2.75, 3.05) is 12.5 Å². The van der Waals surface area contributed by atoms with Gasteiger partial charge in [0.1, 0.15) is 0 Å². The Hall–Kier alpha value is -2.07. The van der Waals surface area contributed by atoms with Crippen molar-refractivity contribution in [3.63, 3.8) is 0 Å². The number of nitrogens with one attached hydrogen (secondary N) is 1. The lowest BCUT2D eigenvalue weighted by Gasteiger charge is -2.02. The van der Waals surface area contributed by atoms with E-state index < -0.39 is 0 Å². The van der Waals surface area contributed by atoms with E-state index in [0.29, 0.717) is 16.5 Å². The molecular formula is C13H12ClN2O2+. The fourth-order valence-corrected chi connectivity index (χ4v) is 1.59. The molecule has 1 amide bonds. The topological polar surface area (TPSA) is 42.2 Å². The Morgan fingerprint density at radius 1 is 1.22 bits per heavy atom. The van der Waals surface area contributed by atoms with Gasteiger partial charge in [-0.1, -0.05) is 11.6 Å². The predicted molar refractivity (Wildman–Crippen MR) is 68.3 cm³/mol. The van der Waals surface area contributed by atoms with E-state index in [4.69, 9.17) is 16.3 Å². The number of nitrogens with zero attached hydrogens (tertiary/aromatic N) is 1. The van der Waals surface area contributed by atoms with E-state index in [1.165, 1.54) is 4.68 Å². The average Bonchev–Trinajstić information content (AvgIpc) is 2.40. The molecule has 2 aromatic rings. The summed E-state index contributed by atoms with van der Waals surface area (Å²) < 4.78 is 6.64. The van der Waals surface area contributed by atoms with Crippen LogP contribution in [0, 0.1) is 0 Å². The van der Waals surface area contributed by atoms with Crippen LogP contribution in [0.5, 0.6) is 5.88 Å². The molecule has 0 saturated carbocycles. The summed E-state index contributed by atoms with van der Waals surface area (Å²) in [5.74, 6) is 0.306. The molecule has 0 radical (unpaired) electrons. The third-order valence-electron chi connectivity index (χ3n) is 2.36. The summed E-state index contributed by atoms with van der Waals surface area (Å²) in [6.45, 7) is 0. The van der Waals surface area contributed by atoms with E-state index in [0.717, 1.165) is 0 Å². The van der Waals surface area contributed by atoms with Gasteiger partial charge >= 0.3 is 11.8 Å². The van der Waals surface area contributed by atoms with Crippen molar-refractivity contribution in [1.82, 2.24) is 0 Å². The Morgan fingerprint density at radius 2 is 1.94 bits per heavy atom. The van der Waals surface area contributed by atoms with Crippen LogP contribution >= 0.6 is 11.6 Å². The molecule has 0 aliphatic carbocycles. The molecule has 2 rings (SSSR count). The number of carbonyl (C=O) groups excluding carboxylic acids is 1. The van der Waals surface area contributed by atoms with Gasteiger partial charge in [-0.25, -0.2) is 0 Å². The molecule has 0 spiro atoms. The van der Waals surface area contributed by atoms with Crippen LogP contribution in [0.1, 0.15) is 10.4 Å². The van der Waals surface area contributed by atoms with Crippen LogP contribution < -0.4 is 14.8 Å². The van der Waals surface area contributed by atoms with E-state index in [-0.39, 0.29) is 5.91 Å². The zero-order valence-electron chi connectivity index (χ0n) is 9.76. The number of methoxy groups -OCH3 is 1. The van der Waals surface area contributed by atoms with Gasteiger partial charge < -0.3 is 4.74 Å². The van der Waals surface area contributed by atoms with Crippen LogP contribution in [-0.4, -0.2) is 13.0 Å². The summed E-state index contributed by atoms with van der Waals surface area (Å²) in [4.78, 5) is 12.0. The highest BCUT2D eigenvalue weighted by Crippen LogP contribution is 2.09. The lowest BCUT2D eigenvalue weighted by Crippen LogP contribution is -2.48. The number of pyridine rings is 1. The molecule has 0 aliphatic heterocycles. The van der Waals surface area contributed by atoms with E-state index >= 15 is 0 Å². The van der Waals surface area contributed by atoms with Gasteiger partial charge in [0, 0.05) is 16.7 Å². The Kier molecular flexibility index (Phi) is 3.79. The molecule has 4 nitrogen and oxygen atoms in total. The van der Waals surface area contributed by atoms with Crippen LogP contribution in [0.3, 0.4) is 0 Å². The Labute approximate surface area is 110 Å². The van der Waals surface area contributed by atoms with Gasteiger partial charge in [0.05, 0.1) is 13.2 Å². The third-order valence-corrected chi connectivity index (χ3v) is 2.61. The Bertz CT molecular complexity index is 555. The molecular weight excluding hydrogens is 252 g/mol. The largest absolute Gasteiger partial charge is 0.446 e. The lowest BCUT2D eigenvalue weighted by atomic mass is 10.2. The summed E-state index contributed by atoms with van der Waals surface area (Å²) in [6.07, 6.45) is 1.70. The molecule has 0 saturated heterocycles. The molecule has 5 heteroatoms. The molecule has 0 atom stereocenters. The minimum Gasteiger partial charge on any atom is -0.446 e. The number of hydrogen-bond acceptors (Lipinski definition) is 2. The molecule has 1 heterocycles. The number of ether oxygens (including phenoxy) is 1. The maximum atomic E-state index is 12.0. The predicted octanol–water partition coefficient (Wildman–Crippen LogP) is 2.02. The second-order valence-electron chi connectivity index (χ2n) is 3.56. The maximum Gasteiger partial charge on any atom is 0.396 e. The molecule has 0 aliphatic rings. The number of hydrogen-bond donors (Lipinski definition) is 1. The second kappa shape index (κ2) is 5.51. The van der Waals surface area contributed by atoms with Gasteiger partial charge in [-0.2, -0.15) is 0 Å². The molecule has 1 aromatic carbocycles. The fraction of sp³-hybridized carbons (Fsp3) is 0.0769. The summed E-state index contributed by atoms with van der Waals surface area (Å²) in [5, 5.41) is 0.594. The lowest BCUT2D eigenvalue weighted by molar-refractivity contribution is -0.647. The van der Waals surface area contributed by atoms with Crippen molar-refractivity contribution < 1.29 is 14.2 Å². The third kappa shape index (κ3) is 2.78. The standard InChI is InChI=1S/C13H11ClN2O2/c1-18-12-4-2-3-9-16(12)15-13(17)10-5-7-11(14)8-6-10/h2-9H,1H3/p+1. The number of rotatable bonds is 3. The van der Waals surface area contributed by atoms with Crippen LogP contribution in [-0.2, 0) is 0 Å². The van der Waals surface area contributed by atoms with Crippen molar-refractivity contribution in [3.8, 4) is 5.88 Å². The van der Waals surface area contributed by atoms with Crippen molar-refractivity contribution in [1.29, 1.82) is 0 Å². The molecule has 1 aromatic heterocycles. The first-order valence-electron chi connectivity index (χ1n) is 5.32. The molecule has 92 valence electrons. The summed E-state index contributed by atoms with van der Waals surface area (Å²) in [5.41, 5.74) is 3.23. The second-order valence-corrected chi connectivity index (χ2v) is 4.00. The quantitative estimate of drug-likeness (QED) is 0.861. The Morgan fingerprint density at radius 3 is 2.61 bits per heavy atom. The number of carbonyl (C=O) groups is 1. The monoisotopic (exact) mass is 263 g/mol. The first-order chi connectivity index (χ1) is 8.70. The van der Waals surface area contributed by atoms with E-state index in [1.54, 1.807) is 49.7 Å². The summed E-state index contributed by atoms with van der Waals surface area (Å²) >= 11 is 5.77. The molecule has 18 heavy (non-hydrogen) atoms. The van der Waals surface area contributed by atoms with E-state index in [1.807, 2.05) is 6.07 Å². The maximum absolute atomic E-state index is 12.0.